The molecular formula is C18H21N5O3S. The third-order valence-corrected chi connectivity index (χ3v) is 6.89. The van der Waals surface area contributed by atoms with Gasteiger partial charge in [-0.15, -0.1) is 4.36 Å². The molecule has 0 fully saturated rings. The zero-order chi connectivity index (χ0) is 18.6. The van der Waals surface area contributed by atoms with Gasteiger partial charge in [-0.2, -0.15) is 5.10 Å². The normalized spacial score (nSPS) is 19.0. The molecule has 2 aliphatic carbocycles. The lowest BCUT2D eigenvalue weighted by molar-refractivity contribution is 0.260. The Morgan fingerprint density at radius 1 is 1.22 bits per heavy atom. The average Bonchev–Trinajstić information content (AvgIpc) is 3.37. The third-order valence-electron chi connectivity index (χ3n) is 5.54. The predicted octanol–water partition coefficient (Wildman–Crippen LogP) is 2.19. The van der Waals surface area contributed by atoms with Crippen LogP contribution in [0.5, 0.6) is 5.88 Å². The van der Waals surface area contributed by atoms with Gasteiger partial charge in [0.1, 0.15) is 11.5 Å². The molecular weight excluding hydrogens is 366 g/mol. The van der Waals surface area contributed by atoms with E-state index in [-0.39, 0.29) is 4.90 Å². The van der Waals surface area contributed by atoms with Crippen molar-refractivity contribution in [2.45, 2.75) is 50.0 Å². The average molecular weight is 387 g/mol. The molecule has 3 N–H and O–H groups in total. The monoisotopic (exact) mass is 387 g/mol. The molecule has 8 nitrogen and oxygen atoms in total. The van der Waals surface area contributed by atoms with E-state index in [9.17, 15) is 9.00 Å². The van der Waals surface area contributed by atoms with Crippen molar-refractivity contribution >= 4 is 21.6 Å². The lowest BCUT2D eigenvalue weighted by atomic mass is 9.99. The molecule has 1 atom stereocenters. The summed E-state index contributed by atoms with van der Waals surface area (Å²) in [6, 6.07) is 1.60. The second-order valence-electron chi connectivity index (χ2n) is 7.21. The van der Waals surface area contributed by atoms with Crippen molar-refractivity contribution in [1.29, 1.82) is 0 Å². The second kappa shape index (κ2) is 6.07. The van der Waals surface area contributed by atoms with Crippen LogP contribution in [0.15, 0.2) is 21.5 Å². The molecule has 5 rings (SSSR count). The number of benzene rings is 1. The van der Waals surface area contributed by atoms with E-state index in [4.69, 9.17) is 9.88 Å². The lowest BCUT2D eigenvalue weighted by Gasteiger charge is -2.15. The summed E-state index contributed by atoms with van der Waals surface area (Å²) in [6.07, 6.45) is 7.51. The van der Waals surface area contributed by atoms with Crippen LogP contribution >= 0.6 is 0 Å². The van der Waals surface area contributed by atoms with Crippen molar-refractivity contribution in [1.82, 2.24) is 9.78 Å². The van der Waals surface area contributed by atoms with Gasteiger partial charge in [-0.05, 0) is 60.8 Å². The Balaban J connectivity index is 1.50. The summed E-state index contributed by atoms with van der Waals surface area (Å²) in [5.41, 5.74) is 5.86. The Kier molecular flexibility index (Phi) is 3.76. The van der Waals surface area contributed by atoms with E-state index in [0.29, 0.717) is 19.0 Å². The van der Waals surface area contributed by atoms with Gasteiger partial charge in [-0.25, -0.2) is 18.8 Å². The highest BCUT2D eigenvalue weighted by atomic mass is 32.2. The SMILES string of the molecule is N[S@@](=O)(=NC(=O)Nc1c2c(cc3c1CCC3)CCC2)c1cnn2c1OCC2. The molecule has 1 aliphatic heterocycles. The predicted molar refractivity (Wildman–Crippen MR) is 100 cm³/mol. The first kappa shape index (κ1) is 16.8. The number of nitrogens with two attached hydrogens (primary N) is 1. The third kappa shape index (κ3) is 2.72. The van der Waals surface area contributed by atoms with Gasteiger partial charge >= 0.3 is 6.03 Å². The summed E-state index contributed by atoms with van der Waals surface area (Å²) in [5.74, 6) is 0.334. The van der Waals surface area contributed by atoms with Crippen molar-refractivity contribution in [3.63, 3.8) is 0 Å². The van der Waals surface area contributed by atoms with Crippen LogP contribution in [0.1, 0.15) is 35.1 Å². The van der Waals surface area contributed by atoms with Crippen molar-refractivity contribution in [2.75, 3.05) is 11.9 Å². The number of hydrogen-bond acceptors (Lipinski definition) is 4. The summed E-state index contributed by atoms with van der Waals surface area (Å²) < 4.78 is 23.7. The van der Waals surface area contributed by atoms with E-state index in [1.807, 2.05) is 0 Å². The van der Waals surface area contributed by atoms with Gasteiger partial charge in [-0.1, -0.05) is 6.07 Å². The molecule has 0 spiro atoms. The molecule has 27 heavy (non-hydrogen) atoms. The Hall–Kier alpha value is -2.39. The minimum Gasteiger partial charge on any atom is -0.475 e. The number of nitrogens with zero attached hydrogens (tertiary/aromatic N) is 3. The van der Waals surface area contributed by atoms with Crippen LogP contribution in [0.25, 0.3) is 0 Å². The minimum absolute atomic E-state index is 0.165. The summed E-state index contributed by atoms with van der Waals surface area (Å²) >= 11 is 0. The fourth-order valence-electron chi connectivity index (χ4n) is 4.36. The van der Waals surface area contributed by atoms with Crippen molar-refractivity contribution in [3.05, 3.63) is 34.5 Å². The number of fused-ring (bicyclic) bond motifs is 3. The first-order valence-corrected chi connectivity index (χ1v) is 10.8. The maximum atomic E-state index is 12.9. The molecule has 2 amide bonds. The van der Waals surface area contributed by atoms with Crippen LogP contribution in [0.3, 0.4) is 0 Å². The zero-order valence-corrected chi connectivity index (χ0v) is 15.7. The van der Waals surface area contributed by atoms with E-state index < -0.39 is 15.9 Å². The smallest absolute Gasteiger partial charge is 0.354 e. The topological polar surface area (TPSA) is 112 Å². The molecule has 3 aliphatic rings. The number of urea groups is 1. The first-order valence-electron chi connectivity index (χ1n) is 9.24. The van der Waals surface area contributed by atoms with E-state index in [1.165, 1.54) is 28.5 Å². The van der Waals surface area contributed by atoms with Gasteiger partial charge < -0.3 is 10.1 Å². The highest BCUT2D eigenvalue weighted by Gasteiger charge is 2.27. The number of ether oxygens (including phenoxy) is 1. The summed E-state index contributed by atoms with van der Waals surface area (Å²) in [5, 5.41) is 12.9. The number of rotatable bonds is 2. The molecule has 9 heteroatoms. The number of carbonyl (C=O) groups is 1. The Morgan fingerprint density at radius 3 is 2.63 bits per heavy atom. The second-order valence-corrected chi connectivity index (χ2v) is 8.97. The maximum absolute atomic E-state index is 12.9. The molecule has 0 saturated carbocycles. The number of anilines is 1. The van der Waals surface area contributed by atoms with Crippen LogP contribution in [-0.4, -0.2) is 26.6 Å². The van der Waals surface area contributed by atoms with Gasteiger partial charge in [0.2, 0.25) is 5.88 Å². The van der Waals surface area contributed by atoms with Crippen molar-refractivity contribution < 1.29 is 13.7 Å². The number of hydrogen-bond donors (Lipinski definition) is 2. The molecule has 0 radical (unpaired) electrons. The largest absolute Gasteiger partial charge is 0.475 e. The van der Waals surface area contributed by atoms with Crippen LogP contribution in [0.2, 0.25) is 0 Å². The fraction of sp³-hybridized carbons (Fsp3) is 0.444. The van der Waals surface area contributed by atoms with Crippen LogP contribution < -0.4 is 15.2 Å². The molecule has 1 aromatic carbocycles. The van der Waals surface area contributed by atoms with Gasteiger partial charge in [0.15, 0.2) is 9.92 Å². The zero-order valence-electron chi connectivity index (χ0n) is 14.9. The molecule has 142 valence electrons. The van der Waals surface area contributed by atoms with Crippen LogP contribution in [-0.2, 0) is 42.1 Å². The molecule has 2 aromatic rings. The van der Waals surface area contributed by atoms with Crippen molar-refractivity contribution in [2.24, 2.45) is 9.50 Å². The molecule has 0 unspecified atom stereocenters. The highest BCUT2D eigenvalue weighted by molar-refractivity contribution is 7.91. The van der Waals surface area contributed by atoms with Gasteiger partial charge in [0, 0.05) is 5.69 Å². The molecule has 0 saturated heterocycles. The molecule has 0 bridgehead atoms. The first-order chi connectivity index (χ1) is 13.0. The van der Waals surface area contributed by atoms with Crippen LogP contribution in [0.4, 0.5) is 10.5 Å². The number of carbonyl (C=O) groups excluding carboxylic acids is 1. The summed E-state index contributed by atoms with van der Waals surface area (Å²) in [6.45, 7) is 1.01. The quantitative estimate of drug-likeness (QED) is 0.822. The van der Waals surface area contributed by atoms with Gasteiger partial charge in [0.05, 0.1) is 12.7 Å². The van der Waals surface area contributed by atoms with Crippen LogP contribution in [0, 0.1) is 0 Å². The highest BCUT2D eigenvalue weighted by Crippen LogP contribution is 2.38. The Morgan fingerprint density at radius 2 is 1.93 bits per heavy atom. The standard InChI is InChI=1S/C18H21N5O3S/c19-27(25,15-10-20-23-7-8-26-17(15)23)22-18(24)21-16-13-5-1-3-11(13)9-12-4-2-6-14(12)16/h9-10H,1-8H2,(H3,19,21,22,24,25)/t27-/m1/s1. The Labute approximate surface area is 157 Å². The maximum Gasteiger partial charge on any atom is 0.354 e. The lowest BCUT2D eigenvalue weighted by Crippen LogP contribution is -2.19. The Bertz CT molecular complexity index is 1050. The molecule has 2 heterocycles. The summed E-state index contributed by atoms with van der Waals surface area (Å²) in [7, 11) is -3.44. The number of amides is 2. The van der Waals surface area contributed by atoms with E-state index >= 15 is 0 Å². The molecule has 1 aromatic heterocycles. The van der Waals surface area contributed by atoms with E-state index in [0.717, 1.165) is 44.2 Å². The fourth-order valence-corrected chi connectivity index (χ4v) is 5.36. The number of aromatic nitrogens is 2. The number of nitrogens with one attached hydrogen (secondary N) is 1. The van der Waals surface area contributed by atoms with E-state index in [2.05, 4.69) is 20.8 Å². The summed E-state index contributed by atoms with van der Waals surface area (Å²) in [4.78, 5) is 12.8. The van der Waals surface area contributed by atoms with Gasteiger partial charge in [0.25, 0.3) is 0 Å². The van der Waals surface area contributed by atoms with E-state index in [1.54, 1.807) is 4.68 Å². The van der Waals surface area contributed by atoms with Gasteiger partial charge in [-0.3, -0.25) is 0 Å². The van der Waals surface area contributed by atoms with Crippen molar-refractivity contribution in [3.8, 4) is 5.88 Å². The number of aryl methyl sites for hydroxylation is 2. The minimum atomic E-state index is -3.44.